The molecule has 0 saturated carbocycles. The van der Waals surface area contributed by atoms with Crippen LogP contribution in [-0.4, -0.2) is 27.9 Å². The van der Waals surface area contributed by atoms with Gasteiger partial charge in [0.25, 0.3) is 0 Å². The summed E-state index contributed by atoms with van der Waals surface area (Å²) in [6, 6.07) is 11.0. The van der Waals surface area contributed by atoms with Gasteiger partial charge in [-0.15, -0.1) is 0 Å². The Bertz CT molecular complexity index is 742. The Morgan fingerprint density at radius 1 is 0.960 bits per heavy atom. The highest BCUT2D eigenvalue weighted by Crippen LogP contribution is 2.36. The third-order valence-corrected chi connectivity index (χ3v) is 4.98. The van der Waals surface area contributed by atoms with Crippen LogP contribution in [0.4, 0.5) is 0 Å². The largest absolute Gasteiger partial charge is 0.496 e. The first-order chi connectivity index (χ1) is 12.2. The maximum Gasteiger partial charge on any atom is 0.161 e. The van der Waals surface area contributed by atoms with Crippen LogP contribution in [-0.2, 0) is 19.3 Å². The predicted molar refractivity (Wildman–Crippen MR) is 100 cm³/mol. The van der Waals surface area contributed by atoms with E-state index in [4.69, 9.17) is 14.2 Å². The molecule has 1 atom stereocenters. The number of aryl methyl sites for hydroxylation is 1. The van der Waals surface area contributed by atoms with Crippen molar-refractivity contribution in [3.8, 4) is 17.2 Å². The Balaban J connectivity index is 1.90. The molecule has 2 aromatic rings. The Hall–Kier alpha value is -2.20. The Morgan fingerprint density at radius 2 is 1.68 bits per heavy atom. The van der Waals surface area contributed by atoms with Gasteiger partial charge in [0.1, 0.15) is 5.75 Å². The predicted octanol–water partition coefficient (Wildman–Crippen LogP) is 3.70. The van der Waals surface area contributed by atoms with Crippen molar-refractivity contribution in [1.82, 2.24) is 5.32 Å². The van der Waals surface area contributed by atoms with Crippen LogP contribution in [0.5, 0.6) is 17.2 Å². The molecule has 4 nitrogen and oxygen atoms in total. The topological polar surface area (TPSA) is 39.7 Å². The first-order valence-electron chi connectivity index (χ1n) is 8.84. The van der Waals surface area contributed by atoms with Gasteiger partial charge in [-0.1, -0.05) is 19.1 Å². The van der Waals surface area contributed by atoms with E-state index >= 15 is 0 Å². The molecule has 0 fully saturated rings. The van der Waals surface area contributed by atoms with Crippen LogP contribution in [0.3, 0.4) is 0 Å². The van der Waals surface area contributed by atoms with Crippen LogP contribution >= 0.6 is 0 Å². The molecule has 0 aromatic heterocycles. The lowest BCUT2D eigenvalue weighted by Crippen LogP contribution is -2.31. The molecule has 25 heavy (non-hydrogen) atoms. The van der Waals surface area contributed by atoms with Gasteiger partial charge in [0.2, 0.25) is 0 Å². The Morgan fingerprint density at radius 3 is 2.36 bits per heavy atom. The smallest absolute Gasteiger partial charge is 0.161 e. The van der Waals surface area contributed by atoms with E-state index in [1.807, 2.05) is 0 Å². The van der Waals surface area contributed by atoms with Gasteiger partial charge in [-0.2, -0.15) is 0 Å². The summed E-state index contributed by atoms with van der Waals surface area (Å²) in [5.74, 6) is 2.56. The fourth-order valence-electron chi connectivity index (χ4n) is 3.59. The van der Waals surface area contributed by atoms with Gasteiger partial charge in [-0.25, -0.2) is 0 Å². The maximum atomic E-state index is 5.55. The first kappa shape index (κ1) is 17.6. The number of hydrogen-bond donors (Lipinski definition) is 1. The van der Waals surface area contributed by atoms with E-state index in [2.05, 4.69) is 42.6 Å². The lowest BCUT2D eigenvalue weighted by Gasteiger charge is -2.28. The van der Waals surface area contributed by atoms with Crippen LogP contribution in [0.2, 0.25) is 0 Å². The van der Waals surface area contributed by atoms with E-state index in [-0.39, 0.29) is 6.04 Å². The standard InChI is InChI=1S/C21H27NO3/c1-5-15-7-6-14(11-19(15)23-2)10-18-17-13-21(25-4)20(24-3)12-16(17)8-9-22-18/h6-7,11-13,18,22H,5,8-10H2,1-4H3. The summed E-state index contributed by atoms with van der Waals surface area (Å²) in [5.41, 5.74) is 5.14. The summed E-state index contributed by atoms with van der Waals surface area (Å²) in [7, 11) is 5.11. The van der Waals surface area contributed by atoms with Gasteiger partial charge in [-0.05, 0) is 66.3 Å². The van der Waals surface area contributed by atoms with Crippen LogP contribution in [0.15, 0.2) is 30.3 Å². The molecule has 0 radical (unpaired) electrons. The molecule has 1 heterocycles. The quantitative estimate of drug-likeness (QED) is 0.869. The molecule has 1 aliphatic rings. The van der Waals surface area contributed by atoms with Gasteiger partial charge in [0.05, 0.1) is 21.3 Å². The minimum Gasteiger partial charge on any atom is -0.496 e. The van der Waals surface area contributed by atoms with Crippen molar-refractivity contribution in [2.75, 3.05) is 27.9 Å². The molecule has 1 unspecified atom stereocenters. The Kier molecular flexibility index (Phi) is 5.49. The number of benzene rings is 2. The van der Waals surface area contributed by atoms with Gasteiger partial charge < -0.3 is 19.5 Å². The number of methoxy groups -OCH3 is 3. The molecular formula is C21H27NO3. The Labute approximate surface area is 150 Å². The minimum atomic E-state index is 0.265. The van der Waals surface area contributed by atoms with Crippen molar-refractivity contribution in [2.45, 2.75) is 32.2 Å². The third kappa shape index (κ3) is 3.59. The van der Waals surface area contributed by atoms with E-state index in [9.17, 15) is 0 Å². The molecule has 0 spiro atoms. The molecule has 0 amide bonds. The number of rotatable bonds is 6. The number of ether oxygens (including phenoxy) is 3. The van der Waals surface area contributed by atoms with Crippen LogP contribution in [0.1, 0.15) is 35.2 Å². The lowest BCUT2D eigenvalue weighted by atomic mass is 9.89. The highest BCUT2D eigenvalue weighted by Gasteiger charge is 2.23. The molecule has 134 valence electrons. The number of nitrogens with one attached hydrogen (secondary N) is 1. The lowest BCUT2D eigenvalue weighted by molar-refractivity contribution is 0.352. The maximum absolute atomic E-state index is 5.55. The fraction of sp³-hybridized carbons (Fsp3) is 0.429. The highest BCUT2D eigenvalue weighted by molar-refractivity contribution is 5.50. The van der Waals surface area contributed by atoms with Gasteiger partial charge in [0.15, 0.2) is 11.5 Å². The monoisotopic (exact) mass is 341 g/mol. The molecule has 0 saturated heterocycles. The molecular weight excluding hydrogens is 314 g/mol. The molecule has 4 heteroatoms. The SMILES string of the molecule is CCc1ccc(CC2NCCc3cc(OC)c(OC)cc32)cc1OC. The van der Waals surface area contributed by atoms with E-state index < -0.39 is 0 Å². The van der Waals surface area contributed by atoms with E-state index in [1.54, 1.807) is 21.3 Å². The van der Waals surface area contributed by atoms with E-state index in [0.29, 0.717) is 0 Å². The van der Waals surface area contributed by atoms with Gasteiger partial charge in [-0.3, -0.25) is 0 Å². The number of fused-ring (bicyclic) bond motifs is 1. The van der Waals surface area contributed by atoms with E-state index in [1.165, 1.54) is 22.3 Å². The van der Waals surface area contributed by atoms with Crippen LogP contribution in [0, 0.1) is 0 Å². The fourth-order valence-corrected chi connectivity index (χ4v) is 3.59. The average molecular weight is 341 g/mol. The first-order valence-corrected chi connectivity index (χ1v) is 8.84. The third-order valence-electron chi connectivity index (χ3n) is 4.98. The highest BCUT2D eigenvalue weighted by atomic mass is 16.5. The average Bonchev–Trinajstić information content (AvgIpc) is 2.66. The summed E-state index contributed by atoms with van der Waals surface area (Å²) < 4.78 is 16.5. The second kappa shape index (κ2) is 7.79. The molecule has 2 aromatic carbocycles. The van der Waals surface area contributed by atoms with Gasteiger partial charge in [0, 0.05) is 6.04 Å². The summed E-state index contributed by atoms with van der Waals surface area (Å²) in [4.78, 5) is 0. The van der Waals surface area contributed by atoms with Crippen molar-refractivity contribution >= 4 is 0 Å². The van der Waals surface area contributed by atoms with Crippen molar-refractivity contribution in [2.24, 2.45) is 0 Å². The summed E-state index contributed by atoms with van der Waals surface area (Å²) in [6.45, 7) is 3.12. The van der Waals surface area contributed by atoms with Crippen LogP contribution < -0.4 is 19.5 Å². The zero-order valence-electron chi connectivity index (χ0n) is 15.5. The van der Waals surface area contributed by atoms with Crippen molar-refractivity contribution in [1.29, 1.82) is 0 Å². The molecule has 0 bridgehead atoms. The minimum absolute atomic E-state index is 0.265. The van der Waals surface area contributed by atoms with Crippen molar-refractivity contribution < 1.29 is 14.2 Å². The molecule has 0 aliphatic carbocycles. The molecule has 1 N–H and O–H groups in total. The van der Waals surface area contributed by atoms with Crippen molar-refractivity contribution in [3.63, 3.8) is 0 Å². The number of hydrogen-bond acceptors (Lipinski definition) is 4. The van der Waals surface area contributed by atoms with Gasteiger partial charge >= 0.3 is 0 Å². The van der Waals surface area contributed by atoms with Crippen LogP contribution in [0.25, 0.3) is 0 Å². The van der Waals surface area contributed by atoms with E-state index in [0.717, 1.165) is 43.1 Å². The second-order valence-corrected chi connectivity index (χ2v) is 6.37. The zero-order chi connectivity index (χ0) is 17.8. The summed E-state index contributed by atoms with van der Waals surface area (Å²) in [6.07, 6.45) is 2.90. The zero-order valence-corrected chi connectivity index (χ0v) is 15.5. The normalized spacial score (nSPS) is 16.2. The molecule has 1 aliphatic heterocycles. The van der Waals surface area contributed by atoms with Crippen molar-refractivity contribution in [3.05, 3.63) is 52.6 Å². The molecule has 3 rings (SSSR count). The summed E-state index contributed by atoms with van der Waals surface area (Å²) >= 11 is 0. The summed E-state index contributed by atoms with van der Waals surface area (Å²) in [5, 5.41) is 3.64. The second-order valence-electron chi connectivity index (χ2n) is 6.37.